The van der Waals surface area contributed by atoms with Crippen molar-refractivity contribution in [1.82, 2.24) is 4.81 Å². The quantitative estimate of drug-likeness (QED) is 0.563. The second-order valence-corrected chi connectivity index (χ2v) is 3.77. The van der Waals surface area contributed by atoms with Crippen molar-refractivity contribution in [2.45, 2.75) is 45.2 Å². The van der Waals surface area contributed by atoms with E-state index in [-0.39, 0.29) is 0 Å². The van der Waals surface area contributed by atoms with E-state index < -0.39 is 0 Å². The van der Waals surface area contributed by atoms with Gasteiger partial charge in [-0.05, 0) is 20.0 Å². The normalized spacial score (nSPS) is 20.7. The highest BCUT2D eigenvalue weighted by atomic mass is 15.0. The van der Waals surface area contributed by atoms with E-state index in [1.165, 1.54) is 44.9 Å². The molecule has 0 aromatic rings. The summed E-state index contributed by atoms with van der Waals surface area (Å²) in [4.78, 5) is 2.54. The molecule has 0 aliphatic carbocycles. The van der Waals surface area contributed by atoms with Crippen molar-refractivity contribution in [2.75, 3.05) is 13.6 Å². The largest absolute Gasteiger partial charge is 0.345 e. The monoisotopic (exact) mass is 153 g/mol. The van der Waals surface area contributed by atoms with Crippen LogP contribution < -0.4 is 0 Å². The molecule has 0 spiro atoms. The molecule has 0 saturated carbocycles. The van der Waals surface area contributed by atoms with E-state index in [9.17, 15) is 0 Å². The smallest absolute Gasteiger partial charge is 0.222 e. The summed E-state index contributed by atoms with van der Waals surface area (Å²) < 4.78 is 0. The summed E-state index contributed by atoms with van der Waals surface area (Å²) in [7, 11) is 2.28. The van der Waals surface area contributed by atoms with Crippen LogP contribution in [0.15, 0.2) is 0 Å². The van der Waals surface area contributed by atoms with Crippen LogP contribution in [0.5, 0.6) is 0 Å². The molecule has 64 valence electrons. The first-order chi connectivity index (χ1) is 5.34. The van der Waals surface area contributed by atoms with Gasteiger partial charge in [0.1, 0.15) is 0 Å². The molecular weight excluding hydrogens is 133 g/mol. The summed E-state index contributed by atoms with van der Waals surface area (Å²) in [5, 5.41) is 0. The Hall–Kier alpha value is 0.0249. The van der Waals surface area contributed by atoms with Crippen molar-refractivity contribution in [1.29, 1.82) is 0 Å². The van der Waals surface area contributed by atoms with E-state index in [0.29, 0.717) is 0 Å². The molecule has 0 atom stereocenters. The number of unbranched alkanes of at least 4 members (excludes halogenated alkanes) is 1. The van der Waals surface area contributed by atoms with Crippen LogP contribution in [-0.2, 0) is 0 Å². The fourth-order valence-electron chi connectivity index (χ4n) is 1.95. The van der Waals surface area contributed by atoms with E-state index in [4.69, 9.17) is 0 Å². The van der Waals surface area contributed by atoms with Gasteiger partial charge in [-0.2, -0.15) is 0 Å². The highest BCUT2D eigenvalue weighted by molar-refractivity contribution is 6.55. The van der Waals surface area contributed by atoms with E-state index in [1.807, 2.05) is 0 Å². The van der Waals surface area contributed by atoms with Crippen molar-refractivity contribution < 1.29 is 0 Å². The molecule has 0 amide bonds. The summed E-state index contributed by atoms with van der Waals surface area (Å²) in [6.07, 6.45) is 8.50. The van der Waals surface area contributed by atoms with E-state index in [0.717, 1.165) is 6.85 Å². The molecule has 1 saturated heterocycles. The summed E-state index contributed by atoms with van der Waals surface area (Å²) in [6.45, 7) is 4.51. The third-order valence-corrected chi connectivity index (χ3v) is 2.81. The molecule has 0 aromatic carbocycles. The fourth-order valence-corrected chi connectivity index (χ4v) is 1.95. The Morgan fingerprint density at radius 2 is 2.18 bits per heavy atom. The zero-order chi connectivity index (χ0) is 8.10. The summed E-state index contributed by atoms with van der Waals surface area (Å²) in [6, 6.07) is 0. The maximum atomic E-state index is 2.54. The fraction of sp³-hybridized carbons (Fsp3) is 1.00. The predicted octanol–water partition coefficient (Wildman–Crippen LogP) is 2.50. The first-order valence-electron chi connectivity index (χ1n) is 5.05. The zero-order valence-corrected chi connectivity index (χ0v) is 7.97. The third kappa shape index (κ3) is 2.86. The Morgan fingerprint density at radius 3 is 2.82 bits per heavy atom. The zero-order valence-electron chi connectivity index (χ0n) is 7.97. The molecule has 1 aliphatic heterocycles. The van der Waals surface area contributed by atoms with Gasteiger partial charge in [0.25, 0.3) is 0 Å². The standard InChI is InChI=1S/C9H20BN/c1-3-4-7-10-8-5-6-9-11(10)2/h3-9H2,1-2H3. The Bertz CT molecular complexity index is 106. The van der Waals surface area contributed by atoms with Crippen molar-refractivity contribution in [3.8, 4) is 0 Å². The molecule has 2 heteroatoms. The van der Waals surface area contributed by atoms with Crippen LogP contribution in [-0.4, -0.2) is 25.3 Å². The molecule has 1 nitrogen and oxygen atoms in total. The van der Waals surface area contributed by atoms with E-state index in [2.05, 4.69) is 18.8 Å². The van der Waals surface area contributed by atoms with Gasteiger partial charge in [0.2, 0.25) is 6.85 Å². The Kier molecular flexibility index (Phi) is 3.99. The van der Waals surface area contributed by atoms with Crippen LogP contribution in [0.3, 0.4) is 0 Å². The average Bonchev–Trinajstić information content (AvgIpc) is 2.03. The number of hydrogen-bond acceptors (Lipinski definition) is 1. The Balaban J connectivity index is 2.18. The highest BCUT2D eigenvalue weighted by Gasteiger charge is 2.21. The molecule has 1 aliphatic rings. The van der Waals surface area contributed by atoms with Crippen molar-refractivity contribution in [3.05, 3.63) is 0 Å². The van der Waals surface area contributed by atoms with Gasteiger partial charge in [0.15, 0.2) is 0 Å². The highest BCUT2D eigenvalue weighted by Crippen LogP contribution is 2.17. The molecule has 1 rings (SSSR count). The second-order valence-electron chi connectivity index (χ2n) is 3.77. The van der Waals surface area contributed by atoms with Gasteiger partial charge in [0, 0.05) is 0 Å². The molecule has 0 aromatic heterocycles. The lowest BCUT2D eigenvalue weighted by molar-refractivity contribution is 0.459. The summed E-state index contributed by atoms with van der Waals surface area (Å²) in [5.41, 5.74) is 0. The molecule has 0 bridgehead atoms. The van der Waals surface area contributed by atoms with Crippen molar-refractivity contribution >= 4 is 6.85 Å². The Labute approximate surface area is 71.3 Å². The van der Waals surface area contributed by atoms with Gasteiger partial charge in [-0.3, -0.25) is 0 Å². The molecule has 0 unspecified atom stereocenters. The minimum atomic E-state index is 0.906. The number of hydrogen-bond donors (Lipinski definition) is 0. The third-order valence-electron chi connectivity index (χ3n) is 2.81. The first-order valence-corrected chi connectivity index (χ1v) is 5.05. The van der Waals surface area contributed by atoms with Gasteiger partial charge < -0.3 is 4.81 Å². The number of rotatable bonds is 3. The van der Waals surface area contributed by atoms with Gasteiger partial charge in [-0.1, -0.05) is 38.8 Å². The van der Waals surface area contributed by atoms with Gasteiger partial charge >= 0.3 is 0 Å². The average molecular weight is 153 g/mol. The predicted molar refractivity (Wildman–Crippen MR) is 52.1 cm³/mol. The van der Waals surface area contributed by atoms with Crippen LogP contribution >= 0.6 is 0 Å². The van der Waals surface area contributed by atoms with Crippen LogP contribution in [0.2, 0.25) is 12.6 Å². The number of nitrogens with zero attached hydrogens (tertiary/aromatic N) is 1. The lowest BCUT2D eigenvalue weighted by Crippen LogP contribution is -2.39. The lowest BCUT2D eigenvalue weighted by Gasteiger charge is -2.29. The van der Waals surface area contributed by atoms with Crippen LogP contribution in [0.1, 0.15) is 32.6 Å². The van der Waals surface area contributed by atoms with Crippen molar-refractivity contribution in [3.63, 3.8) is 0 Å². The van der Waals surface area contributed by atoms with Crippen molar-refractivity contribution in [2.24, 2.45) is 0 Å². The topological polar surface area (TPSA) is 3.24 Å². The maximum absolute atomic E-state index is 2.54. The first kappa shape index (κ1) is 9.12. The van der Waals surface area contributed by atoms with Crippen LogP contribution in [0, 0.1) is 0 Å². The SMILES string of the molecule is CCCCB1CCCCN1C. The molecule has 1 heterocycles. The molecule has 0 radical (unpaired) electrons. The molecule has 1 fully saturated rings. The minimum absolute atomic E-state index is 0.906. The van der Waals surface area contributed by atoms with Crippen LogP contribution in [0.4, 0.5) is 0 Å². The van der Waals surface area contributed by atoms with Gasteiger partial charge in [0.05, 0.1) is 0 Å². The molecule has 0 N–H and O–H groups in total. The maximum Gasteiger partial charge on any atom is 0.222 e. The van der Waals surface area contributed by atoms with E-state index in [1.54, 1.807) is 0 Å². The van der Waals surface area contributed by atoms with E-state index >= 15 is 0 Å². The Morgan fingerprint density at radius 1 is 1.36 bits per heavy atom. The lowest BCUT2D eigenvalue weighted by atomic mass is 9.51. The summed E-state index contributed by atoms with van der Waals surface area (Å²) >= 11 is 0. The summed E-state index contributed by atoms with van der Waals surface area (Å²) in [5.74, 6) is 0. The molecular formula is C9H20BN. The van der Waals surface area contributed by atoms with Gasteiger partial charge in [-0.25, -0.2) is 0 Å². The molecule has 11 heavy (non-hydrogen) atoms. The minimum Gasteiger partial charge on any atom is -0.345 e. The second kappa shape index (κ2) is 4.81. The van der Waals surface area contributed by atoms with Crippen LogP contribution in [0.25, 0.3) is 0 Å². The van der Waals surface area contributed by atoms with Gasteiger partial charge in [-0.15, -0.1) is 0 Å².